The fourth-order valence-electron chi connectivity index (χ4n) is 2.80. The number of rotatable bonds is 5. The predicted molar refractivity (Wildman–Crippen MR) is 81.0 cm³/mol. The predicted octanol–water partition coefficient (Wildman–Crippen LogP) is 2.62. The van der Waals surface area contributed by atoms with E-state index in [1.807, 2.05) is 12.1 Å². The number of ether oxygens (including phenoxy) is 2. The summed E-state index contributed by atoms with van der Waals surface area (Å²) in [6, 6.07) is 4.04. The highest BCUT2D eigenvalue weighted by Gasteiger charge is 2.19. The van der Waals surface area contributed by atoms with E-state index in [9.17, 15) is 5.11 Å². The molecule has 0 radical (unpaired) electrons. The second-order valence-corrected chi connectivity index (χ2v) is 5.44. The third-order valence-electron chi connectivity index (χ3n) is 3.79. The molecule has 0 bridgehead atoms. The minimum Gasteiger partial charge on any atom is -0.496 e. The average Bonchev–Trinajstić information content (AvgIpc) is 2.47. The molecule has 0 aromatic heterocycles. The second kappa shape index (κ2) is 6.84. The summed E-state index contributed by atoms with van der Waals surface area (Å²) < 4.78 is 11.0. The van der Waals surface area contributed by atoms with Crippen molar-refractivity contribution in [2.75, 3.05) is 32.2 Å². The summed E-state index contributed by atoms with van der Waals surface area (Å²) in [5, 5.41) is 9.60. The summed E-state index contributed by atoms with van der Waals surface area (Å²) in [4.78, 5) is 2.36. The van der Waals surface area contributed by atoms with Gasteiger partial charge in [-0.2, -0.15) is 0 Å². The van der Waals surface area contributed by atoms with E-state index in [4.69, 9.17) is 9.47 Å². The van der Waals surface area contributed by atoms with Gasteiger partial charge in [-0.25, -0.2) is 0 Å². The number of methoxy groups -OCH3 is 2. The lowest BCUT2D eigenvalue weighted by Crippen LogP contribution is -2.29. The summed E-state index contributed by atoms with van der Waals surface area (Å²) in [6.45, 7) is 3.91. The van der Waals surface area contributed by atoms with Crippen LogP contribution in [0, 0.1) is 0 Å². The molecule has 1 atom stereocenters. The van der Waals surface area contributed by atoms with Gasteiger partial charge in [-0.1, -0.05) is 0 Å². The number of hydrogen-bond acceptors (Lipinski definition) is 4. The highest BCUT2D eigenvalue weighted by atomic mass is 16.5. The molecule has 0 amide bonds. The molecule has 20 heavy (non-hydrogen) atoms. The summed E-state index contributed by atoms with van der Waals surface area (Å²) in [5.41, 5.74) is 2.08. The molecule has 1 aliphatic rings. The van der Waals surface area contributed by atoms with Gasteiger partial charge in [-0.15, -0.1) is 0 Å². The van der Waals surface area contributed by atoms with E-state index in [2.05, 4.69) is 4.90 Å². The van der Waals surface area contributed by atoms with Crippen LogP contribution in [0.25, 0.3) is 0 Å². The van der Waals surface area contributed by atoms with Crippen LogP contribution in [0.1, 0.15) is 31.7 Å². The second-order valence-electron chi connectivity index (χ2n) is 5.44. The molecule has 4 heteroatoms. The molecule has 0 aliphatic carbocycles. The molecule has 4 nitrogen and oxygen atoms in total. The molecule has 0 saturated carbocycles. The molecule has 1 N–H and O–H groups in total. The van der Waals surface area contributed by atoms with Gasteiger partial charge < -0.3 is 19.5 Å². The minimum absolute atomic E-state index is 0.394. The number of nitrogens with zero attached hydrogens (tertiary/aromatic N) is 1. The van der Waals surface area contributed by atoms with Gasteiger partial charge in [0.2, 0.25) is 0 Å². The van der Waals surface area contributed by atoms with Crippen molar-refractivity contribution in [2.45, 2.75) is 38.7 Å². The molecule has 0 spiro atoms. The van der Waals surface area contributed by atoms with Crippen molar-refractivity contribution in [1.82, 2.24) is 0 Å². The number of piperidine rings is 1. The maximum absolute atomic E-state index is 9.60. The number of aliphatic hydroxyl groups is 1. The lowest BCUT2D eigenvalue weighted by molar-refractivity contribution is 0.194. The van der Waals surface area contributed by atoms with Crippen LogP contribution in [0.15, 0.2) is 12.1 Å². The Balaban J connectivity index is 2.35. The minimum atomic E-state index is -0.394. The van der Waals surface area contributed by atoms with Gasteiger partial charge in [0.15, 0.2) is 0 Å². The Morgan fingerprint density at radius 1 is 1.10 bits per heavy atom. The van der Waals surface area contributed by atoms with Crippen molar-refractivity contribution in [3.63, 3.8) is 0 Å². The molecule has 1 aromatic carbocycles. The molecule has 1 aliphatic heterocycles. The maximum Gasteiger partial charge on any atom is 0.142 e. The van der Waals surface area contributed by atoms with Gasteiger partial charge in [0, 0.05) is 31.1 Å². The maximum atomic E-state index is 9.60. The molecule has 1 aromatic rings. The fourth-order valence-corrected chi connectivity index (χ4v) is 2.80. The zero-order valence-corrected chi connectivity index (χ0v) is 12.7. The quantitative estimate of drug-likeness (QED) is 0.899. The zero-order chi connectivity index (χ0) is 14.5. The van der Waals surface area contributed by atoms with Crippen LogP contribution in [0.5, 0.6) is 11.5 Å². The summed E-state index contributed by atoms with van der Waals surface area (Å²) in [5.74, 6) is 1.69. The Morgan fingerprint density at radius 3 is 2.30 bits per heavy atom. The summed E-state index contributed by atoms with van der Waals surface area (Å²) in [6.07, 6.45) is 3.92. The Morgan fingerprint density at radius 2 is 1.75 bits per heavy atom. The van der Waals surface area contributed by atoms with E-state index in [1.165, 1.54) is 19.3 Å². The number of benzene rings is 1. The monoisotopic (exact) mass is 279 g/mol. The molecule has 112 valence electrons. The number of aliphatic hydroxyl groups excluding tert-OH is 1. The van der Waals surface area contributed by atoms with E-state index in [-0.39, 0.29) is 0 Å². The topological polar surface area (TPSA) is 41.9 Å². The Labute approximate surface area is 121 Å². The molecule has 1 unspecified atom stereocenters. The van der Waals surface area contributed by atoms with E-state index < -0.39 is 6.10 Å². The highest BCUT2D eigenvalue weighted by molar-refractivity contribution is 5.64. The molecular weight excluding hydrogens is 254 g/mol. The van der Waals surface area contributed by atoms with Crippen molar-refractivity contribution < 1.29 is 14.6 Å². The molecular formula is C16H25NO3. The third kappa shape index (κ3) is 3.37. The first-order valence-corrected chi connectivity index (χ1v) is 7.33. The SMILES string of the molecule is COc1cc(N2CCCCC2)c(OC)cc1CC(C)O. The Bertz CT molecular complexity index is 440. The van der Waals surface area contributed by atoms with Crippen molar-refractivity contribution in [3.05, 3.63) is 17.7 Å². The van der Waals surface area contributed by atoms with Crippen LogP contribution >= 0.6 is 0 Å². The van der Waals surface area contributed by atoms with E-state index >= 15 is 0 Å². The van der Waals surface area contributed by atoms with Crippen molar-refractivity contribution >= 4 is 5.69 Å². The van der Waals surface area contributed by atoms with Crippen molar-refractivity contribution in [3.8, 4) is 11.5 Å². The van der Waals surface area contributed by atoms with E-state index in [0.717, 1.165) is 35.8 Å². The van der Waals surface area contributed by atoms with Gasteiger partial charge in [0.1, 0.15) is 11.5 Å². The van der Waals surface area contributed by atoms with Gasteiger partial charge in [-0.3, -0.25) is 0 Å². The first-order valence-electron chi connectivity index (χ1n) is 7.33. The Kier molecular flexibility index (Phi) is 5.12. The average molecular weight is 279 g/mol. The first kappa shape index (κ1) is 15.0. The van der Waals surface area contributed by atoms with Crippen LogP contribution in [0.2, 0.25) is 0 Å². The molecule has 1 heterocycles. The van der Waals surface area contributed by atoms with Crippen LogP contribution in [-0.4, -0.2) is 38.5 Å². The van der Waals surface area contributed by atoms with Gasteiger partial charge in [0.05, 0.1) is 26.0 Å². The first-order chi connectivity index (χ1) is 9.65. The lowest BCUT2D eigenvalue weighted by atomic mass is 10.0. The fraction of sp³-hybridized carbons (Fsp3) is 0.625. The summed E-state index contributed by atoms with van der Waals surface area (Å²) >= 11 is 0. The van der Waals surface area contributed by atoms with Gasteiger partial charge >= 0.3 is 0 Å². The highest BCUT2D eigenvalue weighted by Crippen LogP contribution is 2.37. The zero-order valence-electron chi connectivity index (χ0n) is 12.7. The Hall–Kier alpha value is -1.42. The van der Waals surface area contributed by atoms with Crippen molar-refractivity contribution in [1.29, 1.82) is 0 Å². The normalized spacial score (nSPS) is 16.9. The van der Waals surface area contributed by atoms with Crippen LogP contribution in [0.3, 0.4) is 0 Å². The number of hydrogen-bond donors (Lipinski definition) is 1. The van der Waals surface area contributed by atoms with E-state index in [1.54, 1.807) is 21.1 Å². The van der Waals surface area contributed by atoms with Gasteiger partial charge in [0.25, 0.3) is 0 Å². The molecule has 1 saturated heterocycles. The van der Waals surface area contributed by atoms with Crippen molar-refractivity contribution in [2.24, 2.45) is 0 Å². The lowest BCUT2D eigenvalue weighted by Gasteiger charge is -2.30. The molecule has 1 fully saturated rings. The largest absolute Gasteiger partial charge is 0.496 e. The van der Waals surface area contributed by atoms with Crippen LogP contribution in [-0.2, 0) is 6.42 Å². The third-order valence-corrected chi connectivity index (χ3v) is 3.79. The molecule has 2 rings (SSSR count). The smallest absolute Gasteiger partial charge is 0.142 e. The van der Waals surface area contributed by atoms with E-state index in [0.29, 0.717) is 6.42 Å². The standard InChI is InChI=1S/C16H25NO3/c1-12(18)9-13-10-16(20-3)14(11-15(13)19-2)17-7-5-4-6-8-17/h10-12,18H,4-9H2,1-3H3. The van der Waals surface area contributed by atoms with Crippen LogP contribution in [0.4, 0.5) is 5.69 Å². The van der Waals surface area contributed by atoms with Crippen LogP contribution < -0.4 is 14.4 Å². The number of anilines is 1. The summed E-state index contributed by atoms with van der Waals surface area (Å²) in [7, 11) is 3.37. The van der Waals surface area contributed by atoms with Gasteiger partial charge in [-0.05, 0) is 32.3 Å².